The first-order valence-electron chi connectivity index (χ1n) is 3.31. The average Bonchev–Trinajstić information content (AvgIpc) is 2.07. The van der Waals surface area contributed by atoms with Gasteiger partial charge in [0.15, 0.2) is 0 Å². The van der Waals surface area contributed by atoms with Gasteiger partial charge in [0, 0.05) is 10.9 Å². The molecular formula is C9H8Cl2. The van der Waals surface area contributed by atoms with Crippen LogP contribution in [0.4, 0.5) is 0 Å². The molecule has 1 aromatic carbocycles. The SMILES string of the molecule is ClCC=C(Cl)c1ccccc1. The zero-order valence-electron chi connectivity index (χ0n) is 5.93. The van der Waals surface area contributed by atoms with Crippen LogP contribution in [0.15, 0.2) is 36.4 Å². The molecule has 0 bridgehead atoms. The second-order valence-electron chi connectivity index (χ2n) is 2.07. The Labute approximate surface area is 76.4 Å². The zero-order valence-corrected chi connectivity index (χ0v) is 7.44. The lowest BCUT2D eigenvalue weighted by molar-refractivity contribution is 1.63. The maximum Gasteiger partial charge on any atom is 0.0450 e. The van der Waals surface area contributed by atoms with Gasteiger partial charge in [0.2, 0.25) is 0 Å². The summed E-state index contributed by atoms with van der Waals surface area (Å²) in [6, 6.07) is 9.74. The van der Waals surface area contributed by atoms with Gasteiger partial charge < -0.3 is 0 Å². The number of benzene rings is 1. The summed E-state index contributed by atoms with van der Waals surface area (Å²) in [5.74, 6) is 0.452. The lowest BCUT2D eigenvalue weighted by Gasteiger charge is -1.95. The molecule has 58 valence electrons. The molecule has 0 saturated heterocycles. The maximum atomic E-state index is 5.88. The second-order valence-corrected chi connectivity index (χ2v) is 2.79. The van der Waals surface area contributed by atoms with Gasteiger partial charge in [-0.3, -0.25) is 0 Å². The molecule has 0 fully saturated rings. The first-order valence-corrected chi connectivity index (χ1v) is 4.23. The molecule has 0 atom stereocenters. The van der Waals surface area contributed by atoms with Crippen molar-refractivity contribution in [3.05, 3.63) is 42.0 Å². The van der Waals surface area contributed by atoms with Crippen molar-refractivity contribution in [3.63, 3.8) is 0 Å². The van der Waals surface area contributed by atoms with E-state index in [4.69, 9.17) is 23.2 Å². The van der Waals surface area contributed by atoms with Gasteiger partial charge in [0.1, 0.15) is 0 Å². The van der Waals surface area contributed by atoms with E-state index in [1.54, 1.807) is 6.08 Å². The third-order valence-corrected chi connectivity index (χ3v) is 1.83. The summed E-state index contributed by atoms with van der Waals surface area (Å²) >= 11 is 11.4. The van der Waals surface area contributed by atoms with Crippen molar-refractivity contribution in [1.82, 2.24) is 0 Å². The Morgan fingerprint density at radius 2 is 1.91 bits per heavy atom. The lowest BCUT2D eigenvalue weighted by atomic mass is 10.2. The van der Waals surface area contributed by atoms with Crippen molar-refractivity contribution in [1.29, 1.82) is 0 Å². The molecular weight excluding hydrogens is 179 g/mol. The van der Waals surface area contributed by atoms with Crippen LogP contribution in [0.5, 0.6) is 0 Å². The van der Waals surface area contributed by atoms with E-state index >= 15 is 0 Å². The fraction of sp³-hybridized carbons (Fsp3) is 0.111. The van der Waals surface area contributed by atoms with Crippen LogP contribution in [0.3, 0.4) is 0 Å². The summed E-state index contributed by atoms with van der Waals surface area (Å²) in [4.78, 5) is 0. The normalized spacial score (nSPS) is 11.6. The predicted molar refractivity (Wildman–Crippen MR) is 51.0 cm³/mol. The largest absolute Gasteiger partial charge is 0.122 e. The van der Waals surface area contributed by atoms with Gasteiger partial charge in [-0.1, -0.05) is 48.0 Å². The van der Waals surface area contributed by atoms with Crippen molar-refractivity contribution in [2.24, 2.45) is 0 Å². The van der Waals surface area contributed by atoms with Gasteiger partial charge in [0.25, 0.3) is 0 Å². The van der Waals surface area contributed by atoms with E-state index in [1.165, 1.54) is 0 Å². The van der Waals surface area contributed by atoms with E-state index in [1.807, 2.05) is 30.3 Å². The van der Waals surface area contributed by atoms with E-state index in [2.05, 4.69) is 0 Å². The molecule has 0 radical (unpaired) electrons. The molecule has 0 nitrogen and oxygen atoms in total. The first kappa shape index (κ1) is 8.63. The molecule has 0 heterocycles. The Morgan fingerprint density at radius 1 is 1.27 bits per heavy atom. The van der Waals surface area contributed by atoms with Crippen LogP contribution in [0.2, 0.25) is 0 Å². The summed E-state index contributed by atoms with van der Waals surface area (Å²) in [5, 5.41) is 0.709. The summed E-state index contributed by atoms with van der Waals surface area (Å²) in [6.07, 6.45) is 1.78. The molecule has 11 heavy (non-hydrogen) atoms. The number of allylic oxidation sites excluding steroid dienone is 1. The molecule has 0 aliphatic heterocycles. The van der Waals surface area contributed by atoms with Crippen LogP contribution in [0, 0.1) is 0 Å². The highest BCUT2D eigenvalue weighted by molar-refractivity contribution is 6.49. The third-order valence-electron chi connectivity index (χ3n) is 1.31. The Kier molecular flexibility index (Phi) is 3.47. The Morgan fingerprint density at radius 3 is 2.45 bits per heavy atom. The molecule has 2 heteroatoms. The predicted octanol–water partition coefficient (Wildman–Crippen LogP) is 3.51. The average molecular weight is 187 g/mol. The van der Waals surface area contributed by atoms with Gasteiger partial charge in [-0.25, -0.2) is 0 Å². The van der Waals surface area contributed by atoms with E-state index in [-0.39, 0.29) is 0 Å². The topological polar surface area (TPSA) is 0 Å². The number of halogens is 2. The molecule has 0 aliphatic carbocycles. The van der Waals surface area contributed by atoms with Crippen LogP contribution in [-0.2, 0) is 0 Å². The van der Waals surface area contributed by atoms with E-state index < -0.39 is 0 Å². The Bertz CT molecular complexity index is 239. The molecule has 1 aromatic rings. The minimum atomic E-state index is 0.452. The molecule has 0 spiro atoms. The van der Waals surface area contributed by atoms with Crippen molar-refractivity contribution in [3.8, 4) is 0 Å². The van der Waals surface area contributed by atoms with Crippen LogP contribution < -0.4 is 0 Å². The van der Waals surface area contributed by atoms with Crippen LogP contribution in [0.25, 0.3) is 5.03 Å². The number of rotatable bonds is 2. The fourth-order valence-electron chi connectivity index (χ4n) is 0.783. The molecule has 0 amide bonds. The quantitative estimate of drug-likeness (QED) is 0.621. The van der Waals surface area contributed by atoms with E-state index in [0.29, 0.717) is 10.9 Å². The van der Waals surface area contributed by atoms with Gasteiger partial charge in [-0.2, -0.15) is 0 Å². The van der Waals surface area contributed by atoms with Gasteiger partial charge in [0.05, 0.1) is 0 Å². The van der Waals surface area contributed by atoms with Crippen LogP contribution in [0.1, 0.15) is 5.56 Å². The Balaban J connectivity index is 2.85. The smallest absolute Gasteiger partial charge is 0.0450 e. The minimum absolute atomic E-state index is 0.452. The number of hydrogen-bond donors (Lipinski definition) is 0. The molecule has 1 rings (SSSR count). The highest BCUT2D eigenvalue weighted by Crippen LogP contribution is 2.17. The summed E-state index contributed by atoms with van der Waals surface area (Å²) in [7, 11) is 0. The number of alkyl halides is 1. The zero-order chi connectivity index (χ0) is 8.10. The molecule has 0 N–H and O–H groups in total. The van der Waals surface area contributed by atoms with E-state index in [9.17, 15) is 0 Å². The van der Waals surface area contributed by atoms with Crippen molar-refractivity contribution in [2.45, 2.75) is 0 Å². The molecule has 0 aliphatic rings. The van der Waals surface area contributed by atoms with Crippen molar-refractivity contribution < 1.29 is 0 Å². The highest BCUT2D eigenvalue weighted by atomic mass is 35.5. The first-order chi connectivity index (χ1) is 5.34. The van der Waals surface area contributed by atoms with Gasteiger partial charge in [-0.15, -0.1) is 11.6 Å². The lowest BCUT2D eigenvalue weighted by Crippen LogP contribution is -1.75. The van der Waals surface area contributed by atoms with Crippen LogP contribution >= 0.6 is 23.2 Å². The second kappa shape index (κ2) is 4.42. The van der Waals surface area contributed by atoms with Crippen molar-refractivity contribution >= 4 is 28.2 Å². The highest BCUT2D eigenvalue weighted by Gasteiger charge is 1.93. The molecule has 0 aromatic heterocycles. The van der Waals surface area contributed by atoms with E-state index in [0.717, 1.165) is 5.56 Å². The van der Waals surface area contributed by atoms with Gasteiger partial charge >= 0.3 is 0 Å². The van der Waals surface area contributed by atoms with Crippen LogP contribution in [-0.4, -0.2) is 5.88 Å². The number of hydrogen-bond acceptors (Lipinski definition) is 0. The van der Waals surface area contributed by atoms with Crippen molar-refractivity contribution in [2.75, 3.05) is 5.88 Å². The fourth-order valence-corrected chi connectivity index (χ4v) is 1.22. The monoisotopic (exact) mass is 186 g/mol. The summed E-state index contributed by atoms with van der Waals surface area (Å²) in [6.45, 7) is 0. The standard InChI is InChI=1S/C9H8Cl2/c10-7-6-9(11)8-4-2-1-3-5-8/h1-6H,7H2. The van der Waals surface area contributed by atoms with Gasteiger partial charge in [-0.05, 0) is 5.56 Å². The Hall–Kier alpha value is -0.460. The molecule has 0 saturated carbocycles. The maximum absolute atomic E-state index is 5.88. The third kappa shape index (κ3) is 2.57. The summed E-state index contributed by atoms with van der Waals surface area (Å²) in [5.41, 5.74) is 1.01. The minimum Gasteiger partial charge on any atom is -0.122 e. The molecule has 0 unspecified atom stereocenters. The summed E-state index contributed by atoms with van der Waals surface area (Å²) < 4.78 is 0.